The van der Waals surface area contributed by atoms with Crippen LogP contribution in [0.25, 0.3) is 10.8 Å². The third-order valence-corrected chi connectivity index (χ3v) is 8.81. The lowest BCUT2D eigenvalue weighted by Crippen LogP contribution is -2.39. The number of hydrogen-bond acceptors (Lipinski definition) is 5. The van der Waals surface area contributed by atoms with Crippen molar-refractivity contribution in [2.75, 3.05) is 10.8 Å². The Balaban J connectivity index is 1.24. The lowest BCUT2D eigenvalue weighted by molar-refractivity contribution is -0.119. The number of carbonyl (C=O) groups excluding carboxylic acids is 1. The molecule has 43 heavy (non-hydrogen) atoms. The van der Waals surface area contributed by atoms with Crippen LogP contribution in [0.4, 0.5) is 5.69 Å². The summed E-state index contributed by atoms with van der Waals surface area (Å²) in [5.74, 6) is 0.0318. The van der Waals surface area contributed by atoms with Crippen LogP contribution in [0.15, 0.2) is 119 Å². The molecule has 0 aliphatic carbocycles. The predicted octanol–water partition coefficient (Wildman–Crippen LogP) is 7.38. The van der Waals surface area contributed by atoms with E-state index < -0.39 is 22.5 Å². The van der Waals surface area contributed by atoms with Gasteiger partial charge in [0.05, 0.1) is 16.8 Å². The summed E-state index contributed by atoms with van der Waals surface area (Å²) in [6.45, 7) is 1.72. The van der Waals surface area contributed by atoms with Crippen molar-refractivity contribution in [3.63, 3.8) is 0 Å². The lowest BCUT2D eigenvalue weighted by atomic mass is 10.1. The predicted molar refractivity (Wildman–Crippen MR) is 173 cm³/mol. The first-order valence-electron chi connectivity index (χ1n) is 13.3. The van der Waals surface area contributed by atoms with Crippen LogP contribution in [-0.4, -0.2) is 27.1 Å². The number of hydrogen-bond donors (Lipinski definition) is 1. The van der Waals surface area contributed by atoms with Crippen LogP contribution in [0.5, 0.6) is 5.75 Å². The van der Waals surface area contributed by atoms with Gasteiger partial charge in [0.2, 0.25) is 0 Å². The van der Waals surface area contributed by atoms with Crippen molar-refractivity contribution in [1.29, 1.82) is 0 Å². The molecule has 0 aliphatic rings. The molecule has 5 aromatic carbocycles. The van der Waals surface area contributed by atoms with Crippen molar-refractivity contribution in [3.8, 4) is 5.75 Å². The Bertz CT molecular complexity index is 1870. The van der Waals surface area contributed by atoms with Crippen LogP contribution in [0.1, 0.15) is 16.7 Å². The number of benzene rings is 5. The summed E-state index contributed by atoms with van der Waals surface area (Å²) in [6.07, 6.45) is 1.46. The second kappa shape index (κ2) is 13.3. The monoisotopic (exact) mass is 631 g/mol. The number of aryl methyl sites for hydroxylation is 1. The van der Waals surface area contributed by atoms with Gasteiger partial charge in [0.25, 0.3) is 15.9 Å². The van der Waals surface area contributed by atoms with Gasteiger partial charge in [0, 0.05) is 10.0 Å². The van der Waals surface area contributed by atoms with Gasteiger partial charge < -0.3 is 4.74 Å². The molecule has 0 fully saturated rings. The molecule has 7 nitrogen and oxygen atoms in total. The largest absolute Gasteiger partial charge is 0.489 e. The standard InChI is InChI=1S/C33H27Cl2N3O4S/c1-23-9-15-31(16-10-23)43(40,41)38(29-18-27(34)17-28(35)19-29)21-33(39)37-36-20-24-11-13-30(14-12-24)42-22-26-7-4-6-25-5-2-3-8-32(25)26/h2-20H,21-22H2,1H3,(H,37,39)/b36-20-. The molecule has 5 rings (SSSR count). The van der Waals surface area contributed by atoms with E-state index in [4.69, 9.17) is 27.9 Å². The van der Waals surface area contributed by atoms with Crippen molar-refractivity contribution in [1.82, 2.24) is 5.43 Å². The lowest BCUT2D eigenvalue weighted by Gasteiger charge is -2.24. The minimum absolute atomic E-state index is 0.0215. The highest BCUT2D eigenvalue weighted by Crippen LogP contribution is 2.30. The first kappa shape index (κ1) is 30.1. The van der Waals surface area contributed by atoms with Gasteiger partial charge >= 0.3 is 0 Å². The fourth-order valence-electron chi connectivity index (χ4n) is 4.41. The molecule has 0 saturated carbocycles. The smallest absolute Gasteiger partial charge is 0.264 e. The van der Waals surface area contributed by atoms with E-state index in [1.165, 1.54) is 36.5 Å². The molecule has 0 heterocycles. The number of halogens is 2. The third kappa shape index (κ3) is 7.53. The zero-order valence-corrected chi connectivity index (χ0v) is 25.4. The Morgan fingerprint density at radius 2 is 1.56 bits per heavy atom. The van der Waals surface area contributed by atoms with Crippen LogP contribution in [0.2, 0.25) is 10.0 Å². The molecule has 0 saturated heterocycles. The van der Waals surface area contributed by atoms with E-state index in [1.807, 2.05) is 43.3 Å². The number of fused-ring (bicyclic) bond motifs is 1. The average molecular weight is 633 g/mol. The molecule has 0 aliphatic heterocycles. The van der Waals surface area contributed by atoms with Gasteiger partial charge in [-0.2, -0.15) is 5.10 Å². The molecule has 0 atom stereocenters. The van der Waals surface area contributed by atoms with E-state index in [-0.39, 0.29) is 20.6 Å². The van der Waals surface area contributed by atoms with Crippen molar-refractivity contribution in [2.24, 2.45) is 5.10 Å². The Labute approximate surface area is 260 Å². The number of amides is 1. The van der Waals surface area contributed by atoms with Crippen LogP contribution in [0.3, 0.4) is 0 Å². The number of hydrazone groups is 1. The van der Waals surface area contributed by atoms with Crippen LogP contribution in [0, 0.1) is 6.92 Å². The Morgan fingerprint density at radius 1 is 0.884 bits per heavy atom. The first-order valence-corrected chi connectivity index (χ1v) is 15.5. The summed E-state index contributed by atoms with van der Waals surface area (Å²) >= 11 is 12.3. The summed E-state index contributed by atoms with van der Waals surface area (Å²) < 4.78 is 34.0. The molecule has 0 radical (unpaired) electrons. The number of sulfonamides is 1. The maximum absolute atomic E-state index is 13.5. The van der Waals surface area contributed by atoms with E-state index in [0.717, 1.165) is 26.2 Å². The molecule has 0 bridgehead atoms. The number of ether oxygens (including phenoxy) is 1. The fourth-order valence-corrected chi connectivity index (χ4v) is 6.33. The van der Waals surface area contributed by atoms with E-state index >= 15 is 0 Å². The maximum atomic E-state index is 13.5. The van der Waals surface area contributed by atoms with Gasteiger partial charge in [-0.05, 0) is 83.4 Å². The van der Waals surface area contributed by atoms with Crippen molar-refractivity contribution in [2.45, 2.75) is 18.4 Å². The Morgan fingerprint density at radius 3 is 2.28 bits per heavy atom. The van der Waals surface area contributed by atoms with Gasteiger partial charge in [-0.3, -0.25) is 9.10 Å². The molecular formula is C33H27Cl2N3O4S. The van der Waals surface area contributed by atoms with E-state index in [9.17, 15) is 13.2 Å². The van der Waals surface area contributed by atoms with Gasteiger partial charge in [-0.15, -0.1) is 0 Å². The Kier molecular flexibility index (Phi) is 9.31. The molecule has 1 N–H and O–H groups in total. The zero-order chi connectivity index (χ0) is 30.4. The summed E-state index contributed by atoms with van der Waals surface area (Å²) in [4.78, 5) is 12.9. The van der Waals surface area contributed by atoms with Crippen molar-refractivity contribution in [3.05, 3.63) is 136 Å². The first-order chi connectivity index (χ1) is 20.7. The molecule has 10 heteroatoms. The summed E-state index contributed by atoms with van der Waals surface area (Å²) in [6, 6.07) is 32.2. The minimum Gasteiger partial charge on any atom is -0.489 e. The van der Waals surface area contributed by atoms with Gasteiger partial charge in [0.15, 0.2) is 0 Å². The molecule has 0 spiro atoms. The molecule has 218 valence electrons. The maximum Gasteiger partial charge on any atom is 0.264 e. The number of nitrogens with zero attached hydrogens (tertiary/aromatic N) is 2. The number of carbonyl (C=O) groups is 1. The SMILES string of the molecule is Cc1ccc(S(=O)(=O)N(CC(=O)N/N=C\c2ccc(OCc3cccc4ccccc34)cc2)c2cc(Cl)cc(Cl)c2)cc1. The molecule has 5 aromatic rings. The summed E-state index contributed by atoms with van der Waals surface area (Å²) in [7, 11) is -4.13. The molecule has 0 unspecified atom stereocenters. The van der Waals surface area contributed by atoms with Crippen LogP contribution in [-0.2, 0) is 21.4 Å². The van der Waals surface area contributed by atoms with Gasteiger partial charge in [-0.1, -0.05) is 83.4 Å². The Hall–Kier alpha value is -4.37. The van der Waals surface area contributed by atoms with Crippen LogP contribution >= 0.6 is 23.2 Å². The van der Waals surface area contributed by atoms with E-state index in [1.54, 1.807) is 24.3 Å². The quantitative estimate of drug-likeness (QED) is 0.129. The topological polar surface area (TPSA) is 88.1 Å². The highest BCUT2D eigenvalue weighted by molar-refractivity contribution is 7.92. The minimum atomic E-state index is -4.13. The number of nitrogens with one attached hydrogen (secondary N) is 1. The summed E-state index contributed by atoms with van der Waals surface area (Å²) in [5.41, 5.74) is 5.24. The zero-order valence-electron chi connectivity index (χ0n) is 23.1. The molecule has 0 aromatic heterocycles. The van der Waals surface area contributed by atoms with E-state index in [0.29, 0.717) is 17.9 Å². The highest BCUT2D eigenvalue weighted by Gasteiger charge is 2.27. The molecule has 1 amide bonds. The van der Waals surface area contributed by atoms with Gasteiger partial charge in [0.1, 0.15) is 18.9 Å². The average Bonchev–Trinajstić information content (AvgIpc) is 2.99. The number of anilines is 1. The second-order valence-corrected chi connectivity index (χ2v) is 12.5. The normalized spacial score (nSPS) is 11.5. The van der Waals surface area contributed by atoms with E-state index in [2.05, 4.69) is 28.7 Å². The number of rotatable bonds is 10. The second-order valence-electron chi connectivity index (χ2n) is 9.74. The van der Waals surface area contributed by atoms with Crippen molar-refractivity contribution < 1.29 is 17.9 Å². The third-order valence-electron chi connectivity index (χ3n) is 6.59. The summed E-state index contributed by atoms with van der Waals surface area (Å²) in [5, 5.41) is 6.77. The van der Waals surface area contributed by atoms with Crippen molar-refractivity contribution >= 4 is 61.8 Å². The van der Waals surface area contributed by atoms with Gasteiger partial charge in [-0.25, -0.2) is 13.8 Å². The van der Waals surface area contributed by atoms with Crippen LogP contribution < -0.4 is 14.5 Å². The fraction of sp³-hybridized carbons (Fsp3) is 0.0909. The molecular weight excluding hydrogens is 605 g/mol. The highest BCUT2D eigenvalue weighted by atomic mass is 35.5.